The number of hydrogen-bond donors (Lipinski definition) is 0. The molecule has 0 spiro atoms. The molecule has 618 valence electrons. The molecule has 20 rings (SSSR count). The van der Waals surface area contributed by atoms with Crippen molar-refractivity contribution in [2.45, 2.75) is 6.92 Å². The van der Waals surface area contributed by atoms with Crippen LogP contribution >= 0.6 is 0 Å². The average molecular weight is 2320 g/mol. The Morgan fingerprint density at radius 2 is 0.408 bits per heavy atom. The summed E-state index contributed by atoms with van der Waals surface area (Å²) in [6.45, 7) is 2.07. The van der Waals surface area contributed by atoms with Crippen LogP contribution in [0.25, 0.3) is 135 Å². The van der Waals surface area contributed by atoms with Gasteiger partial charge in [-0.25, -0.2) is 0 Å². The van der Waals surface area contributed by atoms with E-state index in [0.29, 0.717) is 0 Å². The van der Waals surface area contributed by atoms with E-state index in [-0.39, 0.29) is 80.4 Å². The summed E-state index contributed by atoms with van der Waals surface area (Å²) in [5, 5.41) is 0. The van der Waals surface area contributed by atoms with E-state index in [4.69, 9.17) is 0 Å². The zero-order valence-corrected chi connectivity index (χ0v) is 77.6. The second-order valence-corrected chi connectivity index (χ2v) is 26.8. The minimum atomic E-state index is 0. The molecule has 0 aliphatic heterocycles. The van der Waals surface area contributed by atoms with Crippen LogP contribution in [0.15, 0.2) is 480 Å². The van der Waals surface area contributed by atoms with Crippen LogP contribution in [0.3, 0.4) is 0 Å². The minimum absolute atomic E-state index is 0. The van der Waals surface area contributed by atoms with Crippen molar-refractivity contribution >= 4 is 0 Å². The van der Waals surface area contributed by atoms with Gasteiger partial charge in [0.25, 0.3) is 0 Å². The molecular formula is C113H82Ir4N8-8. The molecule has 0 bridgehead atoms. The molecule has 125 heavy (non-hydrogen) atoms. The monoisotopic (exact) mass is 2320 g/mol. The van der Waals surface area contributed by atoms with E-state index in [0.717, 1.165) is 95.6 Å². The van der Waals surface area contributed by atoms with Crippen molar-refractivity contribution in [3.8, 4) is 135 Å². The van der Waals surface area contributed by atoms with Gasteiger partial charge in [-0.15, -0.1) is 275 Å². The van der Waals surface area contributed by atoms with Crippen LogP contribution in [-0.2, 0) is 80.4 Å². The van der Waals surface area contributed by atoms with Crippen molar-refractivity contribution in [2.75, 3.05) is 0 Å². The van der Waals surface area contributed by atoms with E-state index in [2.05, 4.69) is 186 Å². The Kier molecular flexibility index (Phi) is 41.2. The maximum atomic E-state index is 4.49. The molecule has 8 heterocycles. The van der Waals surface area contributed by atoms with Crippen LogP contribution < -0.4 is 0 Å². The molecule has 4 radical (unpaired) electrons. The summed E-state index contributed by atoms with van der Waals surface area (Å²) in [5.74, 6) is 0. The molecule has 12 aromatic carbocycles. The van der Waals surface area contributed by atoms with Crippen molar-refractivity contribution < 1.29 is 80.4 Å². The third-order valence-electron chi connectivity index (χ3n) is 18.3. The van der Waals surface area contributed by atoms with Gasteiger partial charge in [0.1, 0.15) is 0 Å². The Hall–Kier alpha value is -13.6. The van der Waals surface area contributed by atoms with Gasteiger partial charge in [-0.1, -0.05) is 234 Å². The first-order valence-electron chi connectivity index (χ1n) is 39.5. The second-order valence-electron chi connectivity index (χ2n) is 26.8. The number of nitrogens with zero attached hydrogens (tertiary/aromatic N) is 8. The number of rotatable bonds is 12. The fraction of sp³-hybridized carbons (Fsp3) is 0.00885. The standard InChI is InChI=1S/C18H14N.3C17H12N.4C11H8N.4Ir/c1-14-11-12-19-18(13-14)17-9-7-16(8-10-17)15-5-3-2-4-6-15;1-3-7-14(8-4-1)16-11-12-18-17(13-16)15-9-5-2-6-10-15;1-3-7-14(8-4-1)16-11-12-17(18-13-16)15-9-5-2-6-10-15;1-2-6-14(7-3-1)15-9-11-16(12-10-15)17-8-4-5-13-18-17;4*1-2-6-10(7-3-1)11-8-4-5-9-12-11;;;;/h2-9,11-13H,1H3;2*1-9,11-13H;1-11,13H;4*1-6,8-9H;;;;/q8*-1;;;;. The van der Waals surface area contributed by atoms with Gasteiger partial charge in [0.15, 0.2) is 0 Å². The van der Waals surface area contributed by atoms with E-state index in [1.54, 1.807) is 31.0 Å². The fourth-order valence-corrected chi connectivity index (χ4v) is 12.1. The third kappa shape index (κ3) is 31.1. The first kappa shape index (κ1) is 95.3. The summed E-state index contributed by atoms with van der Waals surface area (Å²) in [6, 6.07) is 168. The maximum Gasteiger partial charge on any atom is 0.0239 e. The van der Waals surface area contributed by atoms with Crippen LogP contribution in [0.1, 0.15) is 5.56 Å². The van der Waals surface area contributed by atoms with E-state index < -0.39 is 0 Å². The molecule has 0 aliphatic rings. The summed E-state index contributed by atoms with van der Waals surface area (Å²) >= 11 is 0. The van der Waals surface area contributed by atoms with Crippen LogP contribution in [0.4, 0.5) is 0 Å². The molecule has 8 aromatic heterocycles. The van der Waals surface area contributed by atoms with Gasteiger partial charge in [0.2, 0.25) is 0 Å². The maximum absolute atomic E-state index is 4.49. The van der Waals surface area contributed by atoms with E-state index in [1.165, 1.54) is 44.5 Å². The Balaban J connectivity index is 0.000000162. The minimum Gasteiger partial charge on any atom is -0.305 e. The number of pyridine rings is 8. The van der Waals surface area contributed by atoms with Gasteiger partial charge < -0.3 is 39.9 Å². The van der Waals surface area contributed by atoms with Crippen LogP contribution in [-0.4, -0.2) is 39.9 Å². The SMILES string of the molecule is Cc1ccnc(-c2[c-]cc(-c3ccccc3)cc2)c1.[Ir].[Ir].[Ir].[Ir].[c-]1cc(-c2ccccc2)ccc1-c1ccccn1.[c-]1ccccc1-c1cc(-c2ccccc2)ccn1.[c-]1ccccc1-c1ccc(-c2ccccc2)cn1.[c-]1ccccc1-c1ccccn1.[c-]1ccccc1-c1ccccn1.[c-]1ccccc1-c1ccccn1.[c-]1ccccc1-c1ccccn1. The number of hydrogen-bond acceptors (Lipinski definition) is 8. The van der Waals surface area contributed by atoms with Crippen LogP contribution in [0.2, 0.25) is 0 Å². The number of benzene rings is 12. The molecule has 0 amide bonds. The summed E-state index contributed by atoms with van der Waals surface area (Å²) in [4.78, 5) is 34.5. The Bertz CT molecular complexity index is 5480. The van der Waals surface area contributed by atoms with Gasteiger partial charge in [-0.3, -0.25) is 0 Å². The molecule has 20 aromatic rings. The third-order valence-corrected chi connectivity index (χ3v) is 18.3. The van der Waals surface area contributed by atoms with Gasteiger partial charge in [0.05, 0.1) is 0 Å². The molecule has 0 atom stereocenters. The van der Waals surface area contributed by atoms with Crippen molar-refractivity contribution in [3.05, 3.63) is 534 Å². The summed E-state index contributed by atoms with van der Waals surface area (Å²) in [6.07, 6.45) is 14.5. The molecule has 0 unspecified atom stereocenters. The summed E-state index contributed by atoms with van der Waals surface area (Å²) < 4.78 is 0. The second kappa shape index (κ2) is 54.0. The van der Waals surface area contributed by atoms with E-state index >= 15 is 0 Å². The molecule has 8 nitrogen and oxygen atoms in total. The predicted octanol–water partition coefficient (Wildman–Crippen LogP) is 27.4. The van der Waals surface area contributed by atoms with Crippen LogP contribution in [0.5, 0.6) is 0 Å². The molecule has 0 N–H and O–H groups in total. The Morgan fingerprint density at radius 1 is 0.160 bits per heavy atom. The van der Waals surface area contributed by atoms with Crippen molar-refractivity contribution in [3.63, 3.8) is 0 Å². The zero-order chi connectivity index (χ0) is 82.6. The number of aryl methyl sites for hydroxylation is 1. The summed E-state index contributed by atoms with van der Waals surface area (Å²) in [5.41, 5.74) is 26.7. The summed E-state index contributed by atoms with van der Waals surface area (Å²) in [7, 11) is 0. The van der Waals surface area contributed by atoms with Gasteiger partial charge >= 0.3 is 0 Å². The molecule has 0 aliphatic carbocycles. The van der Waals surface area contributed by atoms with Crippen molar-refractivity contribution in [2.24, 2.45) is 0 Å². The molecule has 0 fully saturated rings. The van der Waals surface area contributed by atoms with E-state index in [1.807, 2.05) is 358 Å². The van der Waals surface area contributed by atoms with Crippen molar-refractivity contribution in [1.29, 1.82) is 0 Å². The number of aromatic nitrogens is 8. The molecular weight excluding hydrogens is 2240 g/mol. The quantitative estimate of drug-likeness (QED) is 0.111. The van der Waals surface area contributed by atoms with Gasteiger partial charge in [-0.05, 0) is 117 Å². The first-order valence-corrected chi connectivity index (χ1v) is 39.5. The smallest absolute Gasteiger partial charge is 0.0239 e. The Morgan fingerprint density at radius 3 is 0.680 bits per heavy atom. The topological polar surface area (TPSA) is 103 Å². The van der Waals surface area contributed by atoms with E-state index in [9.17, 15) is 0 Å². The Labute approximate surface area is 789 Å². The predicted molar refractivity (Wildman–Crippen MR) is 495 cm³/mol. The normalized spacial score (nSPS) is 9.70. The molecule has 0 saturated heterocycles. The van der Waals surface area contributed by atoms with Crippen LogP contribution in [0, 0.1) is 55.5 Å². The van der Waals surface area contributed by atoms with Gasteiger partial charge in [0, 0.05) is 130 Å². The molecule has 0 saturated carbocycles. The van der Waals surface area contributed by atoms with Gasteiger partial charge in [-0.2, -0.15) is 0 Å². The average Bonchev–Trinajstić information content (AvgIpc) is 0.844. The van der Waals surface area contributed by atoms with Crippen molar-refractivity contribution in [1.82, 2.24) is 39.9 Å². The fourth-order valence-electron chi connectivity index (χ4n) is 12.1. The largest absolute Gasteiger partial charge is 0.305 e. The first-order chi connectivity index (χ1) is 60.0. The molecule has 12 heteroatoms. The zero-order valence-electron chi connectivity index (χ0n) is 68.0.